The molecule has 21 heavy (non-hydrogen) atoms. The highest BCUT2D eigenvalue weighted by Crippen LogP contribution is 2.31. The van der Waals surface area contributed by atoms with Crippen molar-refractivity contribution >= 4 is 11.3 Å². The average molecular weight is 301 g/mol. The topological polar surface area (TPSA) is 12.0 Å². The molecule has 0 aliphatic rings. The first-order chi connectivity index (χ1) is 10.2. The predicted molar refractivity (Wildman–Crippen MR) is 94.4 cm³/mol. The van der Waals surface area contributed by atoms with Crippen molar-refractivity contribution in [1.82, 2.24) is 5.32 Å². The van der Waals surface area contributed by atoms with Crippen LogP contribution in [0.1, 0.15) is 60.9 Å². The fraction of sp³-hybridized carbons (Fsp3) is 0.474. The molecule has 0 aliphatic heterocycles. The van der Waals surface area contributed by atoms with Gasteiger partial charge in [-0.3, -0.25) is 0 Å². The van der Waals surface area contributed by atoms with Crippen molar-refractivity contribution in [2.45, 2.75) is 53.0 Å². The number of aryl methyl sites for hydroxylation is 3. The van der Waals surface area contributed by atoms with Crippen LogP contribution in [0.25, 0.3) is 0 Å². The molecule has 1 unspecified atom stereocenters. The average Bonchev–Trinajstić information content (AvgIpc) is 3.00. The molecule has 0 bridgehead atoms. The highest BCUT2D eigenvalue weighted by molar-refractivity contribution is 7.10. The van der Waals surface area contributed by atoms with E-state index >= 15 is 0 Å². The van der Waals surface area contributed by atoms with Gasteiger partial charge in [-0.05, 0) is 59.5 Å². The lowest BCUT2D eigenvalue weighted by Crippen LogP contribution is -2.22. The fourth-order valence-corrected chi connectivity index (χ4v) is 4.06. The maximum atomic E-state index is 3.68. The Morgan fingerprint density at radius 3 is 2.24 bits per heavy atom. The van der Waals surface area contributed by atoms with Gasteiger partial charge in [0.25, 0.3) is 0 Å². The first-order valence-electron chi connectivity index (χ1n) is 8.16. The van der Waals surface area contributed by atoms with Gasteiger partial charge >= 0.3 is 0 Å². The number of nitrogens with one attached hydrogen (secondary N) is 1. The molecule has 2 aromatic rings. The Morgan fingerprint density at radius 2 is 1.62 bits per heavy atom. The Labute approximate surface area is 133 Å². The van der Waals surface area contributed by atoms with Crippen molar-refractivity contribution in [3.8, 4) is 0 Å². The summed E-state index contributed by atoms with van der Waals surface area (Å²) in [6.07, 6.45) is 3.34. The standard InChI is InChI=1S/C19H27NS/c1-5-14-9-10-17(13-16(14)7-3)18(20-8-4)19-15(6-2)11-12-21-19/h9-13,18,20H,5-8H2,1-4H3. The molecule has 0 spiro atoms. The Bertz CT molecular complexity index is 571. The van der Waals surface area contributed by atoms with E-state index in [1.165, 1.54) is 27.1 Å². The summed E-state index contributed by atoms with van der Waals surface area (Å²) in [7, 11) is 0. The summed E-state index contributed by atoms with van der Waals surface area (Å²) < 4.78 is 0. The van der Waals surface area contributed by atoms with E-state index in [0.29, 0.717) is 6.04 Å². The molecule has 1 N–H and O–H groups in total. The van der Waals surface area contributed by atoms with Crippen LogP contribution in [0.4, 0.5) is 0 Å². The molecule has 2 rings (SSSR count). The molecule has 0 amide bonds. The number of hydrogen-bond acceptors (Lipinski definition) is 2. The molecule has 2 heteroatoms. The molecular formula is C19H27NS. The van der Waals surface area contributed by atoms with Crippen LogP contribution >= 0.6 is 11.3 Å². The van der Waals surface area contributed by atoms with E-state index in [2.05, 4.69) is 62.7 Å². The Balaban J connectivity index is 2.43. The summed E-state index contributed by atoms with van der Waals surface area (Å²) in [4.78, 5) is 1.48. The van der Waals surface area contributed by atoms with E-state index in [1.807, 2.05) is 11.3 Å². The molecule has 0 radical (unpaired) electrons. The molecule has 1 nitrogen and oxygen atoms in total. The van der Waals surface area contributed by atoms with Gasteiger partial charge in [0.15, 0.2) is 0 Å². The quantitative estimate of drug-likeness (QED) is 0.747. The van der Waals surface area contributed by atoms with Crippen LogP contribution in [0.2, 0.25) is 0 Å². The van der Waals surface area contributed by atoms with Crippen molar-refractivity contribution in [3.63, 3.8) is 0 Å². The second kappa shape index (κ2) is 7.77. The van der Waals surface area contributed by atoms with Crippen LogP contribution < -0.4 is 5.32 Å². The van der Waals surface area contributed by atoms with Crippen LogP contribution in [0.15, 0.2) is 29.6 Å². The fourth-order valence-electron chi connectivity index (χ4n) is 2.96. The maximum absolute atomic E-state index is 3.68. The molecule has 1 atom stereocenters. The molecule has 1 aromatic heterocycles. The van der Waals surface area contributed by atoms with Gasteiger partial charge in [0.2, 0.25) is 0 Å². The monoisotopic (exact) mass is 301 g/mol. The second-order valence-electron chi connectivity index (χ2n) is 5.39. The zero-order valence-corrected chi connectivity index (χ0v) is 14.5. The van der Waals surface area contributed by atoms with Gasteiger partial charge in [0.05, 0.1) is 6.04 Å². The van der Waals surface area contributed by atoms with E-state index in [-0.39, 0.29) is 0 Å². The maximum Gasteiger partial charge on any atom is 0.0673 e. The lowest BCUT2D eigenvalue weighted by molar-refractivity contribution is 0.634. The van der Waals surface area contributed by atoms with Gasteiger partial charge in [0, 0.05) is 4.88 Å². The van der Waals surface area contributed by atoms with Crippen LogP contribution in [0.3, 0.4) is 0 Å². The smallest absolute Gasteiger partial charge is 0.0673 e. The Kier molecular flexibility index (Phi) is 6.01. The van der Waals surface area contributed by atoms with Crippen molar-refractivity contribution in [2.24, 2.45) is 0 Å². The Hall–Kier alpha value is -1.12. The summed E-state index contributed by atoms with van der Waals surface area (Å²) >= 11 is 1.88. The van der Waals surface area contributed by atoms with E-state index in [0.717, 1.165) is 25.8 Å². The van der Waals surface area contributed by atoms with Crippen molar-refractivity contribution in [1.29, 1.82) is 0 Å². The third-order valence-corrected chi connectivity index (χ3v) is 5.18. The number of hydrogen-bond donors (Lipinski definition) is 1. The summed E-state index contributed by atoms with van der Waals surface area (Å²) in [6.45, 7) is 9.91. The van der Waals surface area contributed by atoms with Crippen molar-refractivity contribution < 1.29 is 0 Å². The zero-order valence-electron chi connectivity index (χ0n) is 13.7. The predicted octanol–water partition coefficient (Wildman–Crippen LogP) is 5.13. The Morgan fingerprint density at radius 1 is 0.905 bits per heavy atom. The molecule has 0 fully saturated rings. The molecule has 1 heterocycles. The number of benzene rings is 1. The van der Waals surface area contributed by atoms with E-state index < -0.39 is 0 Å². The third-order valence-electron chi connectivity index (χ3n) is 4.16. The highest BCUT2D eigenvalue weighted by atomic mass is 32.1. The van der Waals surface area contributed by atoms with Crippen molar-refractivity contribution in [2.75, 3.05) is 6.54 Å². The summed E-state index contributed by atoms with van der Waals surface area (Å²) in [6, 6.07) is 9.64. The van der Waals surface area contributed by atoms with Crippen molar-refractivity contribution in [3.05, 3.63) is 56.8 Å². The summed E-state index contributed by atoms with van der Waals surface area (Å²) in [5.41, 5.74) is 5.86. The minimum absolute atomic E-state index is 0.334. The summed E-state index contributed by atoms with van der Waals surface area (Å²) in [5, 5.41) is 5.90. The van der Waals surface area contributed by atoms with Gasteiger partial charge < -0.3 is 5.32 Å². The first-order valence-corrected chi connectivity index (χ1v) is 9.04. The van der Waals surface area contributed by atoms with Gasteiger partial charge in [-0.25, -0.2) is 0 Å². The van der Waals surface area contributed by atoms with Gasteiger partial charge in [0.1, 0.15) is 0 Å². The minimum Gasteiger partial charge on any atom is -0.306 e. The zero-order chi connectivity index (χ0) is 15.2. The molecule has 0 aliphatic carbocycles. The van der Waals surface area contributed by atoms with Gasteiger partial charge in [-0.15, -0.1) is 11.3 Å². The second-order valence-corrected chi connectivity index (χ2v) is 6.34. The lowest BCUT2D eigenvalue weighted by atomic mass is 9.95. The molecule has 114 valence electrons. The first kappa shape index (κ1) is 16.3. The highest BCUT2D eigenvalue weighted by Gasteiger charge is 2.18. The van der Waals surface area contributed by atoms with Crippen LogP contribution in [0, 0.1) is 0 Å². The normalized spacial score (nSPS) is 12.6. The van der Waals surface area contributed by atoms with E-state index in [1.54, 1.807) is 0 Å². The number of rotatable bonds is 7. The lowest BCUT2D eigenvalue weighted by Gasteiger charge is -2.20. The molecule has 1 aromatic carbocycles. The summed E-state index contributed by atoms with van der Waals surface area (Å²) in [5.74, 6) is 0. The third kappa shape index (κ3) is 3.56. The van der Waals surface area contributed by atoms with Crippen LogP contribution in [0.5, 0.6) is 0 Å². The van der Waals surface area contributed by atoms with E-state index in [9.17, 15) is 0 Å². The largest absolute Gasteiger partial charge is 0.306 e. The van der Waals surface area contributed by atoms with Crippen LogP contribution in [-0.2, 0) is 19.3 Å². The van der Waals surface area contributed by atoms with Gasteiger partial charge in [-0.1, -0.05) is 45.9 Å². The minimum atomic E-state index is 0.334. The molecule has 0 saturated heterocycles. The molecule has 0 saturated carbocycles. The SMILES string of the molecule is CCNC(c1ccc(CC)c(CC)c1)c1sccc1CC. The van der Waals surface area contributed by atoms with Crippen LogP contribution in [-0.4, -0.2) is 6.54 Å². The molecular weight excluding hydrogens is 274 g/mol. The van der Waals surface area contributed by atoms with E-state index in [4.69, 9.17) is 0 Å². The number of thiophene rings is 1. The van der Waals surface area contributed by atoms with Gasteiger partial charge in [-0.2, -0.15) is 0 Å².